The van der Waals surface area contributed by atoms with Gasteiger partial charge in [-0.3, -0.25) is 4.79 Å². The molecule has 2 aromatic rings. The molecule has 0 aliphatic carbocycles. The van der Waals surface area contributed by atoms with Crippen molar-refractivity contribution in [3.63, 3.8) is 0 Å². The van der Waals surface area contributed by atoms with E-state index >= 15 is 0 Å². The van der Waals surface area contributed by atoms with Crippen molar-refractivity contribution >= 4 is 27.5 Å². The first-order valence-corrected chi connectivity index (χ1v) is 12.4. The molecular weight excluding hydrogens is 436 g/mol. The fourth-order valence-corrected chi connectivity index (χ4v) is 5.28. The van der Waals surface area contributed by atoms with Gasteiger partial charge in [0.2, 0.25) is 15.9 Å². The van der Waals surface area contributed by atoms with Crippen LogP contribution in [0.25, 0.3) is 0 Å². The van der Waals surface area contributed by atoms with E-state index in [2.05, 4.69) is 19.2 Å². The summed E-state index contributed by atoms with van der Waals surface area (Å²) >= 11 is 5.85. The van der Waals surface area contributed by atoms with Crippen LogP contribution in [0.2, 0.25) is 5.02 Å². The summed E-state index contributed by atoms with van der Waals surface area (Å²) in [5.74, 6) is 0.955. The third-order valence-electron chi connectivity index (χ3n) is 5.48. The number of sulfonamides is 1. The fourth-order valence-electron chi connectivity index (χ4n) is 3.68. The number of rotatable bonds is 8. The molecule has 0 spiro atoms. The minimum atomic E-state index is -3.57. The van der Waals surface area contributed by atoms with Crippen LogP contribution in [0, 0.1) is 5.92 Å². The number of hydrogen-bond donors (Lipinski definition) is 1. The van der Waals surface area contributed by atoms with Gasteiger partial charge in [0.15, 0.2) is 0 Å². The summed E-state index contributed by atoms with van der Waals surface area (Å²) in [6, 6.07) is 14.1. The number of benzene rings is 2. The van der Waals surface area contributed by atoms with Crippen LogP contribution < -0.4 is 10.1 Å². The van der Waals surface area contributed by atoms with Gasteiger partial charge in [-0.15, -0.1) is 0 Å². The highest BCUT2D eigenvalue weighted by molar-refractivity contribution is 7.89. The smallest absolute Gasteiger partial charge is 0.243 e. The summed E-state index contributed by atoms with van der Waals surface area (Å²) in [6.07, 6.45) is 0.991. The van der Waals surface area contributed by atoms with Crippen LogP contribution in [-0.4, -0.2) is 44.9 Å². The zero-order chi connectivity index (χ0) is 22.4. The number of ether oxygens (including phenoxy) is 1. The van der Waals surface area contributed by atoms with Gasteiger partial charge in [-0.1, -0.05) is 43.6 Å². The lowest BCUT2D eigenvalue weighted by Gasteiger charge is -2.30. The maximum Gasteiger partial charge on any atom is 0.243 e. The van der Waals surface area contributed by atoms with E-state index in [-0.39, 0.29) is 16.7 Å². The molecule has 0 atom stereocenters. The zero-order valence-electron chi connectivity index (χ0n) is 17.9. The Morgan fingerprint density at radius 1 is 1.13 bits per heavy atom. The summed E-state index contributed by atoms with van der Waals surface area (Å²) in [5, 5.41) is 3.41. The second kappa shape index (κ2) is 10.5. The number of nitrogens with one attached hydrogen (secondary N) is 1. The van der Waals surface area contributed by atoms with E-state index in [1.165, 1.54) is 16.4 Å². The lowest BCUT2D eigenvalue weighted by Crippen LogP contribution is -2.43. The molecule has 1 heterocycles. The molecular formula is C23H29ClN2O4S. The third kappa shape index (κ3) is 5.99. The number of amides is 1. The van der Waals surface area contributed by atoms with Gasteiger partial charge in [0.1, 0.15) is 12.4 Å². The van der Waals surface area contributed by atoms with Gasteiger partial charge in [-0.2, -0.15) is 4.31 Å². The molecule has 1 aliphatic rings. The van der Waals surface area contributed by atoms with Crippen molar-refractivity contribution in [2.24, 2.45) is 5.92 Å². The Bertz CT molecular complexity index is 985. The number of nitrogens with zero attached hydrogens (tertiary/aromatic N) is 1. The summed E-state index contributed by atoms with van der Waals surface area (Å²) < 4.78 is 32.8. The monoisotopic (exact) mass is 464 g/mol. The number of hydrogen-bond acceptors (Lipinski definition) is 4. The molecule has 0 saturated carbocycles. The van der Waals surface area contributed by atoms with Crippen molar-refractivity contribution in [1.82, 2.24) is 9.62 Å². The Balaban J connectivity index is 1.45. The predicted molar refractivity (Wildman–Crippen MR) is 122 cm³/mol. The standard InChI is InChI=1S/C23H29ClN2O4S/c1-17(2)21-5-3-4-6-22(21)30-16-13-25-23(27)18-11-14-26(15-12-18)31(28,29)20-9-7-19(24)8-10-20/h3-10,17-18H,11-16H2,1-2H3,(H,25,27). The molecule has 1 amide bonds. The molecule has 1 N–H and O–H groups in total. The molecule has 6 nitrogen and oxygen atoms in total. The maximum absolute atomic E-state index is 12.8. The van der Waals surface area contributed by atoms with E-state index in [0.717, 1.165) is 11.3 Å². The van der Waals surface area contributed by atoms with E-state index in [1.807, 2.05) is 24.3 Å². The first kappa shape index (κ1) is 23.6. The number of para-hydroxylation sites is 1. The van der Waals surface area contributed by atoms with Crippen molar-refractivity contribution in [2.45, 2.75) is 37.5 Å². The lowest BCUT2D eigenvalue weighted by molar-refractivity contribution is -0.126. The van der Waals surface area contributed by atoms with Gasteiger partial charge < -0.3 is 10.1 Å². The number of piperidine rings is 1. The molecule has 0 radical (unpaired) electrons. The van der Waals surface area contributed by atoms with Crippen LogP contribution in [0.4, 0.5) is 0 Å². The molecule has 2 aromatic carbocycles. The van der Waals surface area contributed by atoms with Crippen molar-refractivity contribution < 1.29 is 17.9 Å². The normalized spacial score (nSPS) is 15.7. The maximum atomic E-state index is 12.8. The predicted octanol–water partition coefficient (Wildman–Crippen LogP) is 4.06. The van der Waals surface area contributed by atoms with Gasteiger partial charge in [-0.25, -0.2) is 8.42 Å². The van der Waals surface area contributed by atoms with E-state index < -0.39 is 10.0 Å². The Morgan fingerprint density at radius 3 is 2.42 bits per heavy atom. The molecule has 168 valence electrons. The minimum Gasteiger partial charge on any atom is -0.491 e. The molecule has 1 fully saturated rings. The van der Waals surface area contributed by atoms with Crippen molar-refractivity contribution in [1.29, 1.82) is 0 Å². The molecule has 1 saturated heterocycles. The largest absolute Gasteiger partial charge is 0.491 e. The van der Waals surface area contributed by atoms with Crippen molar-refractivity contribution in [3.05, 3.63) is 59.1 Å². The van der Waals surface area contributed by atoms with E-state index in [9.17, 15) is 13.2 Å². The van der Waals surface area contributed by atoms with Crippen molar-refractivity contribution in [2.75, 3.05) is 26.2 Å². The van der Waals surface area contributed by atoms with Crippen LogP contribution in [0.1, 0.15) is 38.2 Å². The van der Waals surface area contributed by atoms with Crippen LogP contribution in [0.5, 0.6) is 5.75 Å². The average Bonchev–Trinajstić information content (AvgIpc) is 2.77. The second-order valence-corrected chi connectivity index (χ2v) is 10.3. The van der Waals surface area contributed by atoms with Gasteiger partial charge in [-0.05, 0) is 54.7 Å². The van der Waals surface area contributed by atoms with Gasteiger partial charge in [0.25, 0.3) is 0 Å². The topological polar surface area (TPSA) is 75.7 Å². The molecule has 0 bridgehead atoms. The highest BCUT2D eigenvalue weighted by Crippen LogP contribution is 2.26. The molecule has 31 heavy (non-hydrogen) atoms. The molecule has 3 rings (SSSR count). The second-order valence-electron chi connectivity index (χ2n) is 7.96. The molecule has 0 unspecified atom stereocenters. The highest BCUT2D eigenvalue weighted by atomic mass is 35.5. The van der Waals surface area contributed by atoms with Crippen LogP contribution in [0.3, 0.4) is 0 Å². The Hall–Kier alpha value is -2.09. The highest BCUT2D eigenvalue weighted by Gasteiger charge is 2.31. The zero-order valence-corrected chi connectivity index (χ0v) is 19.5. The summed E-state index contributed by atoms with van der Waals surface area (Å²) in [4.78, 5) is 12.7. The van der Waals surface area contributed by atoms with Crippen LogP contribution in [0.15, 0.2) is 53.4 Å². The third-order valence-corrected chi connectivity index (χ3v) is 7.64. The quantitative estimate of drug-likeness (QED) is 0.598. The Morgan fingerprint density at radius 2 is 1.77 bits per heavy atom. The molecule has 8 heteroatoms. The average molecular weight is 465 g/mol. The van der Waals surface area contributed by atoms with Crippen LogP contribution in [-0.2, 0) is 14.8 Å². The van der Waals surface area contributed by atoms with E-state index in [4.69, 9.17) is 16.3 Å². The van der Waals surface area contributed by atoms with Crippen molar-refractivity contribution in [3.8, 4) is 5.75 Å². The van der Waals surface area contributed by atoms with Crippen LogP contribution >= 0.6 is 11.6 Å². The first-order valence-electron chi connectivity index (χ1n) is 10.5. The minimum absolute atomic E-state index is 0.0516. The summed E-state index contributed by atoms with van der Waals surface area (Å²) in [6.45, 7) is 5.67. The number of carbonyl (C=O) groups excluding carboxylic acids is 1. The summed E-state index contributed by atoms with van der Waals surface area (Å²) in [7, 11) is -3.57. The first-order chi connectivity index (χ1) is 14.8. The SMILES string of the molecule is CC(C)c1ccccc1OCCNC(=O)C1CCN(S(=O)(=O)c2ccc(Cl)cc2)CC1. The van der Waals surface area contributed by atoms with E-state index in [0.29, 0.717) is 50.0 Å². The lowest BCUT2D eigenvalue weighted by atomic mass is 9.97. The molecule has 0 aromatic heterocycles. The van der Waals surface area contributed by atoms with Gasteiger partial charge in [0.05, 0.1) is 11.4 Å². The van der Waals surface area contributed by atoms with Gasteiger partial charge >= 0.3 is 0 Å². The Labute approximate surface area is 189 Å². The van der Waals surface area contributed by atoms with Gasteiger partial charge in [0, 0.05) is 24.0 Å². The Kier molecular flexibility index (Phi) is 7.97. The number of halogens is 1. The number of carbonyl (C=O) groups is 1. The fraction of sp³-hybridized carbons (Fsp3) is 0.435. The summed E-state index contributed by atoms with van der Waals surface area (Å²) in [5.41, 5.74) is 1.14. The van der Waals surface area contributed by atoms with E-state index in [1.54, 1.807) is 12.1 Å². The molecule has 1 aliphatic heterocycles.